The summed E-state index contributed by atoms with van der Waals surface area (Å²) in [6, 6.07) is 16.7. The highest BCUT2D eigenvalue weighted by Gasteiger charge is 2.35. The van der Waals surface area contributed by atoms with Crippen LogP contribution in [0.25, 0.3) is 0 Å². The molecule has 3 atom stereocenters. The molecule has 0 bridgehead atoms. The first-order valence-corrected chi connectivity index (χ1v) is 9.14. The summed E-state index contributed by atoms with van der Waals surface area (Å²) in [6.07, 6.45) is 0.520. The molecule has 2 aromatic carbocycles. The van der Waals surface area contributed by atoms with Crippen molar-refractivity contribution in [3.05, 3.63) is 70.8 Å². The first kappa shape index (κ1) is 18.4. The quantitative estimate of drug-likeness (QED) is 0.666. The van der Waals surface area contributed by atoms with Gasteiger partial charge in [0.15, 0.2) is 0 Å². The molecule has 1 fully saturated rings. The van der Waals surface area contributed by atoms with E-state index in [2.05, 4.69) is 62.4 Å². The fourth-order valence-electron chi connectivity index (χ4n) is 2.85. The molecule has 4 heteroatoms. The molecule has 134 valence electrons. The Morgan fingerprint density at radius 1 is 0.920 bits per heavy atom. The summed E-state index contributed by atoms with van der Waals surface area (Å²) in [5.41, 5.74) is 4.50. The number of benzene rings is 2. The van der Waals surface area contributed by atoms with Crippen molar-refractivity contribution in [2.45, 2.75) is 51.3 Å². The molecule has 3 rings (SSSR count). The lowest BCUT2D eigenvalue weighted by Gasteiger charge is -2.19. The van der Waals surface area contributed by atoms with Crippen LogP contribution in [0.4, 0.5) is 0 Å². The summed E-state index contributed by atoms with van der Waals surface area (Å²) in [5, 5.41) is 0. The SMILES string of the molecule is Cc1ccc(COC[C@H]2OC(Cl)C[C@@H]2OCc2ccc(C)cc2)cc1. The molecule has 1 aliphatic rings. The van der Waals surface area contributed by atoms with Crippen molar-refractivity contribution in [2.75, 3.05) is 6.61 Å². The maximum atomic E-state index is 6.16. The molecule has 25 heavy (non-hydrogen) atoms. The predicted octanol–water partition coefficient (Wildman–Crippen LogP) is 4.76. The molecule has 0 radical (unpaired) electrons. The first-order valence-electron chi connectivity index (χ1n) is 8.70. The summed E-state index contributed by atoms with van der Waals surface area (Å²) < 4.78 is 17.6. The largest absolute Gasteiger partial charge is 0.374 e. The van der Waals surface area contributed by atoms with Gasteiger partial charge in [-0.15, -0.1) is 0 Å². The molecule has 0 amide bonds. The number of aryl methyl sites for hydroxylation is 2. The Balaban J connectivity index is 1.47. The highest BCUT2D eigenvalue weighted by Crippen LogP contribution is 2.27. The van der Waals surface area contributed by atoms with Crippen molar-refractivity contribution in [1.82, 2.24) is 0 Å². The van der Waals surface area contributed by atoms with Crippen molar-refractivity contribution in [2.24, 2.45) is 0 Å². The Morgan fingerprint density at radius 3 is 2.08 bits per heavy atom. The van der Waals surface area contributed by atoms with E-state index in [-0.39, 0.29) is 17.8 Å². The van der Waals surface area contributed by atoms with E-state index in [1.165, 1.54) is 11.1 Å². The molecule has 0 aromatic heterocycles. The van der Waals surface area contributed by atoms with E-state index in [0.29, 0.717) is 26.2 Å². The third kappa shape index (κ3) is 5.55. The van der Waals surface area contributed by atoms with Gasteiger partial charge in [-0.05, 0) is 25.0 Å². The molecule has 1 aliphatic heterocycles. The fourth-order valence-corrected chi connectivity index (χ4v) is 3.16. The maximum Gasteiger partial charge on any atom is 0.134 e. The van der Waals surface area contributed by atoms with Crippen LogP contribution in [-0.4, -0.2) is 24.4 Å². The van der Waals surface area contributed by atoms with Crippen molar-refractivity contribution in [3.8, 4) is 0 Å². The Morgan fingerprint density at radius 2 is 1.48 bits per heavy atom. The van der Waals surface area contributed by atoms with Gasteiger partial charge in [-0.1, -0.05) is 71.3 Å². The lowest BCUT2D eigenvalue weighted by atomic mass is 10.1. The van der Waals surface area contributed by atoms with Crippen LogP contribution in [0.1, 0.15) is 28.7 Å². The molecular weight excluding hydrogens is 336 g/mol. The van der Waals surface area contributed by atoms with Gasteiger partial charge in [0.1, 0.15) is 11.7 Å². The maximum absolute atomic E-state index is 6.16. The second kappa shape index (κ2) is 8.81. The van der Waals surface area contributed by atoms with Crippen molar-refractivity contribution >= 4 is 11.6 Å². The zero-order chi connectivity index (χ0) is 17.6. The van der Waals surface area contributed by atoms with E-state index in [9.17, 15) is 0 Å². The lowest BCUT2D eigenvalue weighted by molar-refractivity contribution is -0.0630. The van der Waals surface area contributed by atoms with E-state index in [1.54, 1.807) is 0 Å². The van der Waals surface area contributed by atoms with Gasteiger partial charge in [-0.2, -0.15) is 0 Å². The van der Waals surface area contributed by atoms with Gasteiger partial charge in [0.2, 0.25) is 0 Å². The first-order chi connectivity index (χ1) is 12.1. The number of halogens is 1. The molecule has 1 heterocycles. The van der Waals surface area contributed by atoms with E-state index < -0.39 is 0 Å². The minimum atomic E-state index is -0.309. The molecule has 1 unspecified atom stereocenters. The second-order valence-corrected chi connectivity index (χ2v) is 7.14. The molecule has 2 aromatic rings. The summed E-state index contributed by atoms with van der Waals surface area (Å²) in [4.78, 5) is 0. The summed E-state index contributed by atoms with van der Waals surface area (Å²) >= 11 is 6.16. The van der Waals surface area contributed by atoms with Gasteiger partial charge in [0, 0.05) is 6.42 Å². The zero-order valence-corrected chi connectivity index (χ0v) is 15.5. The molecule has 0 saturated carbocycles. The Hall–Kier alpha value is -1.39. The van der Waals surface area contributed by atoms with Crippen LogP contribution in [0, 0.1) is 13.8 Å². The minimum absolute atomic E-state index is 0.0400. The van der Waals surface area contributed by atoms with Crippen LogP contribution < -0.4 is 0 Å². The third-order valence-corrected chi connectivity index (χ3v) is 4.69. The van der Waals surface area contributed by atoms with Crippen LogP contribution in [0.3, 0.4) is 0 Å². The third-order valence-electron chi connectivity index (χ3n) is 4.41. The second-order valence-electron chi connectivity index (χ2n) is 6.66. The van der Waals surface area contributed by atoms with Gasteiger partial charge < -0.3 is 14.2 Å². The van der Waals surface area contributed by atoms with E-state index in [0.717, 1.165) is 11.1 Å². The van der Waals surface area contributed by atoms with E-state index >= 15 is 0 Å². The minimum Gasteiger partial charge on any atom is -0.374 e. The molecular formula is C21H25ClO3. The molecule has 3 nitrogen and oxygen atoms in total. The fraction of sp³-hybridized carbons (Fsp3) is 0.429. The lowest BCUT2D eigenvalue weighted by Crippen LogP contribution is -2.29. The van der Waals surface area contributed by atoms with Crippen LogP contribution in [0.5, 0.6) is 0 Å². The Bertz CT molecular complexity index is 654. The summed E-state index contributed by atoms with van der Waals surface area (Å²) in [5.74, 6) is 0. The average Bonchev–Trinajstić information content (AvgIpc) is 2.96. The van der Waals surface area contributed by atoms with Crippen LogP contribution in [0.15, 0.2) is 48.5 Å². The van der Waals surface area contributed by atoms with Gasteiger partial charge in [0.05, 0.1) is 25.9 Å². The van der Waals surface area contributed by atoms with Gasteiger partial charge in [-0.25, -0.2) is 0 Å². The van der Waals surface area contributed by atoms with Crippen molar-refractivity contribution < 1.29 is 14.2 Å². The monoisotopic (exact) mass is 360 g/mol. The van der Waals surface area contributed by atoms with Crippen LogP contribution in [0.2, 0.25) is 0 Å². The topological polar surface area (TPSA) is 27.7 Å². The summed E-state index contributed by atoms with van der Waals surface area (Å²) in [6.45, 7) is 5.77. The zero-order valence-electron chi connectivity index (χ0n) is 14.8. The van der Waals surface area contributed by atoms with Crippen molar-refractivity contribution in [1.29, 1.82) is 0 Å². The molecule has 1 saturated heterocycles. The molecule has 0 spiro atoms. The molecule has 0 aliphatic carbocycles. The predicted molar refractivity (Wildman–Crippen MR) is 99.7 cm³/mol. The number of rotatable bonds is 7. The number of alkyl halides is 1. The Labute approximate surface area is 154 Å². The highest BCUT2D eigenvalue weighted by atomic mass is 35.5. The number of hydrogen-bond donors (Lipinski definition) is 0. The standard InChI is InChI=1S/C21H25ClO3/c1-15-3-7-17(8-4-15)12-23-14-20-19(11-21(22)25-20)24-13-18-9-5-16(2)6-10-18/h3-10,19-21H,11-14H2,1-2H3/t19-,20+,21?/m0/s1. The summed E-state index contributed by atoms with van der Waals surface area (Å²) in [7, 11) is 0. The van der Waals surface area contributed by atoms with Crippen LogP contribution in [-0.2, 0) is 27.4 Å². The number of ether oxygens (including phenoxy) is 3. The van der Waals surface area contributed by atoms with Crippen molar-refractivity contribution in [3.63, 3.8) is 0 Å². The van der Waals surface area contributed by atoms with E-state index in [4.69, 9.17) is 25.8 Å². The molecule has 0 N–H and O–H groups in total. The Kier molecular flexibility index (Phi) is 6.49. The average molecular weight is 361 g/mol. The van der Waals surface area contributed by atoms with Gasteiger partial charge in [-0.3, -0.25) is 0 Å². The normalized spacial score (nSPS) is 23.1. The smallest absolute Gasteiger partial charge is 0.134 e. The highest BCUT2D eigenvalue weighted by molar-refractivity contribution is 6.19. The number of hydrogen-bond acceptors (Lipinski definition) is 3. The van der Waals surface area contributed by atoms with E-state index in [1.807, 2.05) is 0 Å². The van der Waals surface area contributed by atoms with Crippen LogP contribution >= 0.6 is 11.6 Å². The van der Waals surface area contributed by atoms with Gasteiger partial charge in [0.25, 0.3) is 0 Å². The van der Waals surface area contributed by atoms with Gasteiger partial charge >= 0.3 is 0 Å².